The van der Waals surface area contributed by atoms with Gasteiger partial charge in [0.05, 0.1) is 7.11 Å². The van der Waals surface area contributed by atoms with Crippen LogP contribution >= 0.6 is 12.2 Å². The molecule has 2 aromatic rings. The van der Waals surface area contributed by atoms with Crippen molar-refractivity contribution in [3.63, 3.8) is 0 Å². The lowest BCUT2D eigenvalue weighted by Gasteiger charge is -2.26. The van der Waals surface area contributed by atoms with Gasteiger partial charge in [-0.15, -0.1) is 0 Å². The lowest BCUT2D eigenvalue weighted by Crippen LogP contribution is -2.36. The molecule has 3 rings (SSSR count). The van der Waals surface area contributed by atoms with Crippen LogP contribution in [0.3, 0.4) is 0 Å². The van der Waals surface area contributed by atoms with Gasteiger partial charge in [-0.1, -0.05) is 6.07 Å². The summed E-state index contributed by atoms with van der Waals surface area (Å²) < 4.78 is 5.30. The fourth-order valence-electron chi connectivity index (χ4n) is 2.59. The first kappa shape index (κ1) is 15.7. The van der Waals surface area contributed by atoms with Crippen molar-refractivity contribution in [2.24, 2.45) is 0 Å². The van der Waals surface area contributed by atoms with Gasteiger partial charge in [0.25, 0.3) is 0 Å². The van der Waals surface area contributed by atoms with Crippen molar-refractivity contribution < 1.29 is 4.74 Å². The Morgan fingerprint density at radius 3 is 2.83 bits per heavy atom. The lowest BCUT2D eigenvalue weighted by molar-refractivity contribution is 0.408. The van der Waals surface area contributed by atoms with E-state index in [0.29, 0.717) is 6.04 Å². The minimum Gasteiger partial charge on any atom is -0.496 e. The number of pyridine rings is 1. The van der Waals surface area contributed by atoms with Crippen LogP contribution in [0, 0.1) is 6.92 Å². The normalized spacial score (nSPS) is 13.5. The molecule has 1 aromatic heterocycles. The summed E-state index contributed by atoms with van der Waals surface area (Å²) in [5, 5.41) is 4.12. The molecule has 0 aliphatic heterocycles. The Morgan fingerprint density at radius 1 is 1.39 bits per heavy atom. The van der Waals surface area contributed by atoms with Crippen molar-refractivity contribution in [3.05, 3.63) is 53.9 Å². The van der Waals surface area contributed by atoms with Gasteiger partial charge < -0.3 is 15.0 Å². The number of benzene rings is 1. The zero-order valence-electron chi connectivity index (χ0n) is 13.5. The van der Waals surface area contributed by atoms with Crippen molar-refractivity contribution in [2.75, 3.05) is 12.4 Å². The number of methoxy groups -OCH3 is 1. The number of rotatable bonds is 5. The van der Waals surface area contributed by atoms with Gasteiger partial charge in [-0.2, -0.15) is 0 Å². The molecule has 1 aliphatic carbocycles. The SMILES string of the molecule is COc1ccc(NC(=S)N(Cc2cccnc2)C2CC2)cc1C. The van der Waals surface area contributed by atoms with Gasteiger partial charge in [0, 0.05) is 30.7 Å². The number of anilines is 1. The Morgan fingerprint density at radius 2 is 2.22 bits per heavy atom. The van der Waals surface area contributed by atoms with Crippen LogP contribution in [0.2, 0.25) is 0 Å². The highest BCUT2D eigenvalue weighted by Crippen LogP contribution is 2.29. The van der Waals surface area contributed by atoms with Crippen molar-refractivity contribution in [1.82, 2.24) is 9.88 Å². The van der Waals surface area contributed by atoms with Crippen LogP contribution in [-0.4, -0.2) is 28.1 Å². The monoisotopic (exact) mass is 327 g/mol. The van der Waals surface area contributed by atoms with Gasteiger partial charge in [-0.25, -0.2) is 0 Å². The number of aromatic nitrogens is 1. The average molecular weight is 327 g/mol. The molecule has 4 nitrogen and oxygen atoms in total. The van der Waals surface area contributed by atoms with Crippen LogP contribution < -0.4 is 10.1 Å². The Bertz CT molecular complexity index is 686. The fourth-order valence-corrected chi connectivity index (χ4v) is 2.92. The smallest absolute Gasteiger partial charge is 0.173 e. The minimum atomic E-state index is 0.537. The number of nitrogens with zero attached hydrogens (tertiary/aromatic N) is 2. The van der Waals surface area contributed by atoms with Crippen LogP contribution in [-0.2, 0) is 6.54 Å². The minimum absolute atomic E-state index is 0.537. The molecule has 0 amide bonds. The summed E-state index contributed by atoms with van der Waals surface area (Å²) in [6, 6.07) is 10.6. The molecule has 0 spiro atoms. The maximum absolute atomic E-state index is 5.64. The van der Waals surface area contributed by atoms with Gasteiger partial charge in [0.15, 0.2) is 5.11 Å². The molecule has 23 heavy (non-hydrogen) atoms. The van der Waals surface area contributed by atoms with E-state index in [4.69, 9.17) is 17.0 Å². The molecule has 0 radical (unpaired) electrons. The highest BCUT2D eigenvalue weighted by Gasteiger charge is 2.30. The summed E-state index contributed by atoms with van der Waals surface area (Å²) >= 11 is 5.64. The van der Waals surface area contributed by atoms with Gasteiger partial charge in [0.2, 0.25) is 0 Å². The summed E-state index contributed by atoms with van der Waals surface area (Å²) in [5.41, 5.74) is 3.25. The van der Waals surface area contributed by atoms with E-state index in [1.807, 2.05) is 31.3 Å². The van der Waals surface area contributed by atoms with E-state index in [9.17, 15) is 0 Å². The lowest BCUT2D eigenvalue weighted by atomic mass is 10.2. The molecule has 1 aliphatic rings. The summed E-state index contributed by atoms with van der Waals surface area (Å²) in [5.74, 6) is 0.885. The summed E-state index contributed by atoms with van der Waals surface area (Å²) in [6.07, 6.45) is 6.09. The van der Waals surface area contributed by atoms with Crippen molar-refractivity contribution in [3.8, 4) is 5.75 Å². The van der Waals surface area contributed by atoms with Crippen LogP contribution in [0.1, 0.15) is 24.0 Å². The number of aryl methyl sites for hydroxylation is 1. The Balaban J connectivity index is 1.70. The molecule has 0 bridgehead atoms. The van der Waals surface area contributed by atoms with Crippen LogP contribution in [0.15, 0.2) is 42.7 Å². The highest BCUT2D eigenvalue weighted by molar-refractivity contribution is 7.80. The van der Waals surface area contributed by atoms with Crippen LogP contribution in [0.4, 0.5) is 5.69 Å². The van der Waals surface area contributed by atoms with E-state index >= 15 is 0 Å². The third kappa shape index (κ3) is 3.99. The largest absolute Gasteiger partial charge is 0.496 e. The number of thiocarbonyl (C=S) groups is 1. The molecule has 5 heteroatoms. The van der Waals surface area contributed by atoms with Gasteiger partial charge in [0.1, 0.15) is 5.75 Å². The zero-order chi connectivity index (χ0) is 16.2. The fraction of sp³-hybridized carbons (Fsp3) is 0.333. The molecule has 120 valence electrons. The maximum atomic E-state index is 5.64. The van der Waals surface area contributed by atoms with E-state index in [1.54, 1.807) is 13.3 Å². The quantitative estimate of drug-likeness (QED) is 0.846. The molecule has 1 heterocycles. The molecule has 1 saturated carbocycles. The number of ether oxygens (including phenoxy) is 1. The Kier molecular flexibility index (Phi) is 4.76. The molecular formula is C18H21N3OS. The van der Waals surface area contributed by atoms with E-state index in [-0.39, 0.29) is 0 Å². The van der Waals surface area contributed by atoms with E-state index in [0.717, 1.165) is 28.7 Å². The molecule has 1 fully saturated rings. The topological polar surface area (TPSA) is 37.4 Å². The summed E-state index contributed by atoms with van der Waals surface area (Å²) in [4.78, 5) is 6.44. The number of hydrogen-bond donors (Lipinski definition) is 1. The van der Waals surface area contributed by atoms with E-state index in [2.05, 4.69) is 27.3 Å². The Hall–Kier alpha value is -2.14. The van der Waals surface area contributed by atoms with Gasteiger partial charge in [-0.05, 0) is 67.4 Å². The predicted octanol–water partition coefficient (Wildman–Crippen LogP) is 3.76. The van der Waals surface area contributed by atoms with Crippen LogP contribution in [0.25, 0.3) is 0 Å². The molecule has 0 atom stereocenters. The van der Waals surface area contributed by atoms with Gasteiger partial charge in [-0.3, -0.25) is 4.98 Å². The molecule has 1 N–H and O–H groups in total. The van der Waals surface area contributed by atoms with Gasteiger partial charge >= 0.3 is 0 Å². The highest BCUT2D eigenvalue weighted by atomic mass is 32.1. The second-order valence-corrected chi connectivity index (χ2v) is 6.22. The number of nitrogens with one attached hydrogen (secondary N) is 1. The zero-order valence-corrected chi connectivity index (χ0v) is 14.3. The first-order valence-corrected chi connectivity index (χ1v) is 8.19. The van der Waals surface area contributed by atoms with Crippen molar-refractivity contribution >= 4 is 23.0 Å². The summed E-state index contributed by atoms with van der Waals surface area (Å²) in [6.45, 7) is 2.82. The Labute approximate surface area is 142 Å². The molecule has 1 aromatic carbocycles. The first-order valence-electron chi connectivity index (χ1n) is 7.78. The predicted molar refractivity (Wildman–Crippen MR) is 96.8 cm³/mol. The second-order valence-electron chi connectivity index (χ2n) is 5.83. The van der Waals surface area contributed by atoms with E-state index in [1.165, 1.54) is 18.4 Å². The standard InChI is InChI=1S/C18H21N3OS/c1-13-10-15(5-8-17(13)22-2)20-18(23)21(16-6-7-16)12-14-4-3-9-19-11-14/h3-5,8-11,16H,6-7,12H2,1-2H3,(H,20,23). The number of hydrogen-bond acceptors (Lipinski definition) is 3. The molecule has 0 unspecified atom stereocenters. The third-order valence-corrected chi connectivity index (χ3v) is 4.31. The molecular weight excluding hydrogens is 306 g/mol. The van der Waals surface area contributed by atoms with Crippen LogP contribution in [0.5, 0.6) is 5.75 Å². The summed E-state index contributed by atoms with van der Waals surface area (Å²) in [7, 11) is 1.68. The second kappa shape index (κ2) is 6.96. The maximum Gasteiger partial charge on any atom is 0.173 e. The van der Waals surface area contributed by atoms with Crippen molar-refractivity contribution in [1.29, 1.82) is 0 Å². The first-order chi connectivity index (χ1) is 11.2. The van der Waals surface area contributed by atoms with Crippen molar-refractivity contribution in [2.45, 2.75) is 32.4 Å². The third-order valence-electron chi connectivity index (χ3n) is 3.97. The van der Waals surface area contributed by atoms with E-state index < -0.39 is 0 Å². The average Bonchev–Trinajstić information content (AvgIpc) is 3.38. The molecule has 0 saturated heterocycles.